The second kappa shape index (κ2) is 10.2. The fourth-order valence-corrected chi connectivity index (χ4v) is 5.37. The van der Waals surface area contributed by atoms with Gasteiger partial charge < -0.3 is 24.4 Å². The zero-order valence-electron chi connectivity index (χ0n) is 19.6. The minimum Gasteiger partial charge on any atom is -0.493 e. The van der Waals surface area contributed by atoms with E-state index in [4.69, 9.17) is 19.2 Å². The molecule has 0 amide bonds. The van der Waals surface area contributed by atoms with Crippen LogP contribution in [-0.4, -0.2) is 56.3 Å². The van der Waals surface area contributed by atoms with E-state index in [2.05, 4.69) is 10.2 Å². The van der Waals surface area contributed by atoms with E-state index in [-0.39, 0.29) is 6.10 Å². The van der Waals surface area contributed by atoms with E-state index < -0.39 is 0 Å². The molecule has 1 aromatic heterocycles. The molecular formula is C26H35N3O4. The zero-order valence-corrected chi connectivity index (χ0v) is 19.6. The normalized spacial score (nSPS) is 20.5. The highest BCUT2D eigenvalue weighted by Gasteiger charge is 2.31. The molecule has 1 aromatic carbocycles. The molecule has 1 saturated heterocycles. The third kappa shape index (κ3) is 4.74. The molecule has 7 nitrogen and oxygen atoms in total. The molecule has 1 N–H and O–H groups in total. The second-order valence-electron chi connectivity index (χ2n) is 9.56. The standard InChI is InChI=1S/C26H35N3O4/c1-31-23-14-19-21(15-24(23)32-13-5-12-29-10-2-3-11-29)28-20-8-9-22(33-17-30)25(20)26(19)27-16-18-6-4-7-18/h14-15,17-18,22H,2-13,16H2,1H3,(H,27,28). The van der Waals surface area contributed by atoms with Crippen molar-refractivity contribution in [2.45, 2.75) is 57.5 Å². The van der Waals surface area contributed by atoms with E-state index >= 15 is 0 Å². The number of hydrogen-bond donors (Lipinski definition) is 1. The van der Waals surface area contributed by atoms with Crippen LogP contribution in [0.5, 0.6) is 11.5 Å². The van der Waals surface area contributed by atoms with Gasteiger partial charge in [0.15, 0.2) is 11.5 Å². The number of likely N-dealkylation sites (tertiary alicyclic amines) is 1. The summed E-state index contributed by atoms with van der Waals surface area (Å²) in [7, 11) is 1.68. The van der Waals surface area contributed by atoms with Gasteiger partial charge in [-0.05, 0) is 70.0 Å². The number of aryl methyl sites for hydroxylation is 1. The molecule has 0 spiro atoms. The average molecular weight is 454 g/mol. The number of fused-ring (bicyclic) bond motifs is 2. The number of rotatable bonds is 11. The molecule has 2 aliphatic carbocycles. The minimum absolute atomic E-state index is 0.245. The molecule has 2 aromatic rings. The number of pyridine rings is 1. The molecule has 5 rings (SSSR count). The predicted molar refractivity (Wildman–Crippen MR) is 128 cm³/mol. The summed E-state index contributed by atoms with van der Waals surface area (Å²) in [6.07, 6.45) is 8.80. The van der Waals surface area contributed by atoms with Crippen molar-refractivity contribution in [3.8, 4) is 11.5 Å². The van der Waals surface area contributed by atoms with E-state index in [1.807, 2.05) is 12.1 Å². The molecule has 3 aliphatic rings. The number of carbonyl (C=O) groups is 1. The van der Waals surface area contributed by atoms with E-state index in [1.54, 1.807) is 7.11 Å². The molecule has 1 aliphatic heterocycles. The van der Waals surface area contributed by atoms with Gasteiger partial charge in [-0.3, -0.25) is 9.78 Å². The molecule has 1 atom stereocenters. The SMILES string of the molecule is COc1cc2c(NCC3CCC3)c3c(nc2cc1OCCCN1CCCC1)CCC3OC=O. The summed E-state index contributed by atoms with van der Waals surface area (Å²) in [6, 6.07) is 4.03. The molecule has 33 heavy (non-hydrogen) atoms. The summed E-state index contributed by atoms with van der Waals surface area (Å²) < 4.78 is 17.3. The summed E-state index contributed by atoms with van der Waals surface area (Å²) in [5.41, 5.74) is 3.96. The van der Waals surface area contributed by atoms with Gasteiger partial charge in [-0.25, -0.2) is 0 Å². The molecule has 0 radical (unpaired) electrons. The quantitative estimate of drug-likeness (QED) is 0.397. The number of benzene rings is 1. The first-order valence-electron chi connectivity index (χ1n) is 12.5. The van der Waals surface area contributed by atoms with Crippen molar-refractivity contribution in [1.82, 2.24) is 9.88 Å². The largest absolute Gasteiger partial charge is 0.493 e. The third-order valence-electron chi connectivity index (χ3n) is 7.44. The molecule has 178 valence electrons. The van der Waals surface area contributed by atoms with E-state index in [0.717, 1.165) is 65.9 Å². The molecule has 0 bridgehead atoms. The lowest BCUT2D eigenvalue weighted by Crippen LogP contribution is -2.22. The smallest absolute Gasteiger partial charge is 0.293 e. The first-order chi connectivity index (χ1) is 16.3. The fraction of sp³-hybridized carbons (Fsp3) is 0.615. The highest BCUT2D eigenvalue weighted by Crippen LogP contribution is 2.44. The van der Waals surface area contributed by atoms with E-state index in [0.29, 0.717) is 24.7 Å². The van der Waals surface area contributed by atoms with Crippen molar-refractivity contribution >= 4 is 23.1 Å². The van der Waals surface area contributed by atoms with Crippen LogP contribution in [0.25, 0.3) is 10.9 Å². The van der Waals surface area contributed by atoms with Crippen molar-refractivity contribution in [2.75, 3.05) is 45.2 Å². The van der Waals surface area contributed by atoms with Crippen molar-refractivity contribution in [3.63, 3.8) is 0 Å². The van der Waals surface area contributed by atoms with Gasteiger partial charge in [-0.15, -0.1) is 0 Å². The lowest BCUT2D eigenvalue weighted by molar-refractivity contribution is -0.133. The van der Waals surface area contributed by atoms with Crippen LogP contribution >= 0.6 is 0 Å². The van der Waals surface area contributed by atoms with Gasteiger partial charge in [-0.2, -0.15) is 0 Å². The number of carbonyl (C=O) groups excluding carboxylic acids is 1. The summed E-state index contributed by atoms with van der Waals surface area (Å²) in [5, 5.41) is 4.69. The topological polar surface area (TPSA) is 72.9 Å². The van der Waals surface area contributed by atoms with Crippen LogP contribution in [0.2, 0.25) is 0 Å². The van der Waals surface area contributed by atoms with Gasteiger partial charge in [0.05, 0.1) is 30.6 Å². The summed E-state index contributed by atoms with van der Waals surface area (Å²) in [4.78, 5) is 18.6. The van der Waals surface area contributed by atoms with Crippen LogP contribution in [0.3, 0.4) is 0 Å². The van der Waals surface area contributed by atoms with Gasteiger partial charge in [0, 0.05) is 30.1 Å². The Morgan fingerprint density at radius 1 is 1.15 bits per heavy atom. The number of methoxy groups -OCH3 is 1. The van der Waals surface area contributed by atoms with Crippen LogP contribution in [0.15, 0.2) is 12.1 Å². The number of hydrogen-bond acceptors (Lipinski definition) is 7. The Morgan fingerprint density at radius 2 is 2.00 bits per heavy atom. The average Bonchev–Trinajstić information content (AvgIpc) is 3.45. The Hall–Kier alpha value is -2.54. The Labute approximate surface area is 195 Å². The van der Waals surface area contributed by atoms with Crippen molar-refractivity contribution in [2.24, 2.45) is 5.92 Å². The van der Waals surface area contributed by atoms with Crippen LogP contribution in [0, 0.1) is 5.92 Å². The van der Waals surface area contributed by atoms with Crippen molar-refractivity contribution in [3.05, 3.63) is 23.4 Å². The minimum atomic E-state index is -0.245. The number of aromatic nitrogens is 1. The molecule has 7 heteroatoms. The van der Waals surface area contributed by atoms with Crippen LogP contribution in [0.4, 0.5) is 5.69 Å². The molecular weight excluding hydrogens is 418 g/mol. The lowest BCUT2D eigenvalue weighted by atomic mass is 9.85. The monoisotopic (exact) mass is 453 g/mol. The van der Waals surface area contributed by atoms with Gasteiger partial charge in [0.2, 0.25) is 0 Å². The maximum Gasteiger partial charge on any atom is 0.293 e. The van der Waals surface area contributed by atoms with Gasteiger partial charge >= 0.3 is 0 Å². The van der Waals surface area contributed by atoms with E-state index in [1.165, 1.54) is 45.2 Å². The van der Waals surface area contributed by atoms with Crippen LogP contribution in [-0.2, 0) is 16.0 Å². The Kier molecular flexibility index (Phi) is 6.85. The highest BCUT2D eigenvalue weighted by atomic mass is 16.5. The summed E-state index contributed by atoms with van der Waals surface area (Å²) in [5.74, 6) is 2.15. The maximum atomic E-state index is 11.1. The Balaban J connectivity index is 1.42. The summed E-state index contributed by atoms with van der Waals surface area (Å²) >= 11 is 0. The lowest BCUT2D eigenvalue weighted by Gasteiger charge is -2.27. The number of nitrogens with zero attached hydrogens (tertiary/aromatic N) is 2. The first-order valence-corrected chi connectivity index (χ1v) is 12.5. The number of ether oxygens (including phenoxy) is 3. The number of nitrogens with one attached hydrogen (secondary N) is 1. The van der Waals surface area contributed by atoms with Gasteiger partial charge in [0.25, 0.3) is 6.47 Å². The Morgan fingerprint density at radius 3 is 2.73 bits per heavy atom. The Bertz CT molecular complexity index is 985. The van der Waals surface area contributed by atoms with E-state index in [9.17, 15) is 4.79 Å². The maximum absolute atomic E-state index is 11.1. The number of anilines is 1. The van der Waals surface area contributed by atoms with Crippen LogP contribution < -0.4 is 14.8 Å². The van der Waals surface area contributed by atoms with Crippen molar-refractivity contribution < 1.29 is 19.0 Å². The zero-order chi connectivity index (χ0) is 22.6. The molecule has 2 heterocycles. The second-order valence-corrected chi connectivity index (χ2v) is 9.56. The fourth-order valence-electron chi connectivity index (χ4n) is 5.37. The van der Waals surface area contributed by atoms with Gasteiger partial charge in [-0.1, -0.05) is 6.42 Å². The summed E-state index contributed by atoms with van der Waals surface area (Å²) in [6.45, 7) is 5.63. The predicted octanol–water partition coefficient (Wildman–Crippen LogP) is 4.48. The first kappa shape index (κ1) is 22.3. The third-order valence-corrected chi connectivity index (χ3v) is 7.44. The highest BCUT2D eigenvalue weighted by molar-refractivity contribution is 5.96. The van der Waals surface area contributed by atoms with Crippen LogP contribution in [0.1, 0.15) is 62.3 Å². The van der Waals surface area contributed by atoms with Gasteiger partial charge in [0.1, 0.15) is 6.10 Å². The van der Waals surface area contributed by atoms with Crippen molar-refractivity contribution in [1.29, 1.82) is 0 Å². The molecule has 1 unspecified atom stereocenters. The molecule has 1 saturated carbocycles. The molecule has 2 fully saturated rings.